The number of Topliss-reactive ketones (excluding diaryl/α,β-unsaturated/α-hetero) is 1. The smallest absolute Gasteiger partial charge is 0.295 e. The standard InChI is InChI=1S/C44H57N2O.C16H21NO3/c1-8-45-39-24-18-31(2)27-37(39)43(4,5)41(45)16-12-9-13-17-42-44(6,7)38-28-32(3)19-25-40(38)46(42)26-14-10-11-15-36(47)23-22-35-30-33-20-21-34(35)29-33;1-3-5-6-7-15(20-12-18)17-16(19)14-10-8-13(4-2)9-11-14/h9,12-13,16-21,24-25,27-28,33-35H,8,10-11,14-15,22-23,26,29-30H2,1-7H3;4,8-12,15H,2-3,5-7H2,1H3,(H,17,19)/q+1;/t33?,34?,35-;/m1./s1. The summed E-state index contributed by atoms with van der Waals surface area (Å²) in [6.07, 6.45) is 29.3. The lowest BCUT2D eigenvalue weighted by molar-refractivity contribution is -0.438. The van der Waals surface area contributed by atoms with Crippen LogP contribution in [-0.4, -0.2) is 47.8 Å². The van der Waals surface area contributed by atoms with E-state index in [0.29, 0.717) is 24.2 Å². The maximum absolute atomic E-state index is 12.7. The Hall–Kier alpha value is -5.56. The Balaban J connectivity index is 0.000000311. The van der Waals surface area contributed by atoms with Crippen molar-refractivity contribution in [3.63, 3.8) is 0 Å². The topological polar surface area (TPSA) is 78.7 Å². The first-order valence-electron chi connectivity index (χ1n) is 25.2. The fourth-order valence-corrected chi connectivity index (χ4v) is 10.8. The summed E-state index contributed by atoms with van der Waals surface area (Å²) in [6.45, 7) is 24.1. The number of ketones is 1. The minimum atomic E-state index is -0.564. The lowest BCUT2D eigenvalue weighted by atomic mass is 9.81. The molecule has 3 aromatic carbocycles. The number of nitrogens with zero attached hydrogens (tertiary/aromatic N) is 2. The Labute approximate surface area is 402 Å². The van der Waals surface area contributed by atoms with E-state index in [1.807, 2.05) is 12.1 Å². The largest absolute Gasteiger partial charge is 0.444 e. The molecule has 0 spiro atoms. The molecule has 7 rings (SSSR count). The summed E-state index contributed by atoms with van der Waals surface area (Å²) in [4.78, 5) is 37.7. The lowest BCUT2D eigenvalue weighted by Gasteiger charge is -2.25. The van der Waals surface area contributed by atoms with Gasteiger partial charge in [-0.05, 0) is 132 Å². The zero-order valence-corrected chi connectivity index (χ0v) is 41.9. The highest BCUT2D eigenvalue weighted by Crippen LogP contribution is 2.48. The first kappa shape index (κ1) is 50.8. The zero-order valence-electron chi connectivity index (χ0n) is 41.9. The second-order valence-corrected chi connectivity index (χ2v) is 20.3. The summed E-state index contributed by atoms with van der Waals surface area (Å²) in [7, 11) is 0. The molecule has 7 nitrogen and oxygen atoms in total. The van der Waals surface area contributed by atoms with Crippen LogP contribution in [0.2, 0.25) is 0 Å². The zero-order chi connectivity index (χ0) is 48.1. The van der Waals surface area contributed by atoms with Crippen LogP contribution < -0.4 is 10.2 Å². The lowest BCUT2D eigenvalue weighted by Crippen LogP contribution is -2.36. The molecular weight excluding hydrogens is 827 g/mol. The number of benzene rings is 3. The van der Waals surface area contributed by atoms with E-state index in [1.165, 1.54) is 57.9 Å². The van der Waals surface area contributed by atoms with Crippen LogP contribution in [0.1, 0.15) is 157 Å². The Kier molecular flexibility index (Phi) is 17.8. The highest BCUT2D eigenvalue weighted by atomic mass is 16.5. The summed E-state index contributed by atoms with van der Waals surface area (Å²) in [6, 6.07) is 20.8. The summed E-state index contributed by atoms with van der Waals surface area (Å²) in [5, 5.41) is 2.71. The molecule has 4 aliphatic rings. The van der Waals surface area contributed by atoms with Gasteiger partial charge in [0.1, 0.15) is 12.3 Å². The number of likely N-dealkylation sites (N-methyl/N-ethyl adjacent to an activating group) is 1. The third-order valence-corrected chi connectivity index (χ3v) is 14.7. The molecule has 1 saturated carbocycles. The maximum atomic E-state index is 12.7. The quantitative estimate of drug-likeness (QED) is 0.0271. The summed E-state index contributed by atoms with van der Waals surface area (Å²) in [5.41, 5.74) is 12.2. The summed E-state index contributed by atoms with van der Waals surface area (Å²) < 4.78 is 7.44. The number of anilines is 1. The van der Waals surface area contributed by atoms with Crippen LogP contribution >= 0.6 is 0 Å². The van der Waals surface area contributed by atoms with Gasteiger partial charge in [-0.1, -0.05) is 118 Å². The molecule has 1 fully saturated rings. The van der Waals surface area contributed by atoms with E-state index in [9.17, 15) is 14.4 Å². The van der Waals surface area contributed by atoms with Gasteiger partial charge in [0.15, 0.2) is 11.9 Å². The Morgan fingerprint density at radius 3 is 2.27 bits per heavy atom. The van der Waals surface area contributed by atoms with Gasteiger partial charge in [-0.15, -0.1) is 0 Å². The second-order valence-electron chi connectivity index (χ2n) is 20.3. The number of carbonyl (C=O) groups is 3. The van der Waals surface area contributed by atoms with Gasteiger partial charge in [0.25, 0.3) is 12.4 Å². The van der Waals surface area contributed by atoms with Crippen LogP contribution in [0.3, 0.4) is 0 Å². The van der Waals surface area contributed by atoms with Crippen LogP contribution in [0.4, 0.5) is 11.4 Å². The number of hydrogen-bond acceptors (Lipinski definition) is 5. The van der Waals surface area contributed by atoms with Gasteiger partial charge < -0.3 is 15.0 Å². The molecule has 2 aliphatic carbocycles. The van der Waals surface area contributed by atoms with E-state index >= 15 is 0 Å². The number of carbonyl (C=O) groups excluding carboxylic acids is 3. The second kappa shape index (κ2) is 23.4. The van der Waals surface area contributed by atoms with Gasteiger partial charge in [-0.25, -0.2) is 0 Å². The van der Waals surface area contributed by atoms with Crippen molar-refractivity contribution in [3.8, 4) is 0 Å². The Morgan fingerprint density at radius 1 is 0.851 bits per heavy atom. The van der Waals surface area contributed by atoms with Crippen molar-refractivity contribution in [2.45, 2.75) is 149 Å². The number of hydrogen-bond donors (Lipinski definition) is 1. The Bertz CT molecular complexity index is 2380. The molecule has 0 saturated heterocycles. The van der Waals surface area contributed by atoms with Gasteiger partial charge in [0.05, 0.1) is 5.41 Å². The molecule has 1 amide bonds. The van der Waals surface area contributed by atoms with Crippen LogP contribution in [0, 0.1) is 31.6 Å². The molecular formula is C60H78N3O4+. The molecule has 2 heterocycles. The molecule has 3 unspecified atom stereocenters. The number of unbranched alkanes of at least 4 members (excludes halogenated alkanes) is 4. The maximum Gasteiger partial charge on any atom is 0.295 e. The van der Waals surface area contributed by atoms with Crippen molar-refractivity contribution in [2.75, 3.05) is 18.0 Å². The minimum Gasteiger partial charge on any atom is -0.444 e. The average molecular weight is 905 g/mol. The first-order chi connectivity index (χ1) is 32.2. The molecule has 7 heteroatoms. The Morgan fingerprint density at radius 2 is 1.60 bits per heavy atom. The van der Waals surface area contributed by atoms with Crippen LogP contribution in [0.15, 0.2) is 115 Å². The molecule has 0 aromatic heterocycles. The molecule has 3 aromatic rings. The van der Waals surface area contributed by atoms with Crippen LogP contribution in [-0.2, 0) is 25.2 Å². The van der Waals surface area contributed by atoms with Gasteiger partial charge in [0.2, 0.25) is 5.69 Å². The van der Waals surface area contributed by atoms with E-state index in [0.717, 1.165) is 94.2 Å². The first-order valence-corrected chi connectivity index (χ1v) is 25.2. The SMILES string of the molecule is C=Cc1ccc(C(=O)NC(CCCCC)OC=O)cc1.CCN1C(=CC=CC=CC2=[N+](CCCCCC(=O)CC[C@@H]3CC4C=CC3C4)c3ccc(C)cc3C2(C)C)C(C)(C)c2cc(C)ccc21. The number of nitrogens with one attached hydrogen (secondary N) is 1. The third-order valence-electron chi connectivity index (χ3n) is 14.7. The van der Waals surface area contributed by atoms with Crippen molar-refractivity contribution < 1.29 is 23.7 Å². The van der Waals surface area contributed by atoms with Crippen molar-refractivity contribution in [2.24, 2.45) is 17.8 Å². The normalized spacial score (nSPS) is 20.6. The van der Waals surface area contributed by atoms with Crippen molar-refractivity contribution in [1.82, 2.24) is 5.32 Å². The number of ether oxygens (including phenoxy) is 1. The third kappa shape index (κ3) is 12.5. The fraction of sp³-hybridized carbons (Fsp3) is 0.467. The minimum absolute atomic E-state index is 0.0260. The highest BCUT2D eigenvalue weighted by molar-refractivity contribution is 6.03. The number of aryl methyl sites for hydroxylation is 2. The molecule has 0 radical (unpaired) electrons. The monoisotopic (exact) mass is 905 g/mol. The van der Waals surface area contributed by atoms with E-state index in [1.54, 1.807) is 18.2 Å². The number of fused-ring (bicyclic) bond motifs is 4. The fourth-order valence-electron chi connectivity index (χ4n) is 10.8. The number of allylic oxidation sites excluding steroid dienone is 8. The predicted octanol–water partition coefficient (Wildman–Crippen LogP) is 13.8. The average Bonchev–Trinajstić information content (AvgIpc) is 4.04. The molecule has 2 bridgehead atoms. The van der Waals surface area contributed by atoms with E-state index in [-0.39, 0.29) is 16.7 Å². The number of rotatable bonds is 22. The van der Waals surface area contributed by atoms with E-state index in [4.69, 9.17) is 4.74 Å². The highest BCUT2D eigenvalue weighted by Gasteiger charge is 2.44. The molecule has 67 heavy (non-hydrogen) atoms. The van der Waals surface area contributed by atoms with Gasteiger partial charge in [-0.2, -0.15) is 4.58 Å². The molecule has 4 atom stereocenters. The number of amides is 1. The molecule has 1 N–H and O–H groups in total. The summed E-state index contributed by atoms with van der Waals surface area (Å²) in [5.74, 6) is 2.53. The van der Waals surface area contributed by atoms with Gasteiger partial charge >= 0.3 is 0 Å². The van der Waals surface area contributed by atoms with Gasteiger partial charge in [0, 0.05) is 72.3 Å². The van der Waals surface area contributed by atoms with E-state index in [2.05, 4.69) is 156 Å². The van der Waals surface area contributed by atoms with Gasteiger partial charge in [-0.3, -0.25) is 14.4 Å². The molecule has 356 valence electrons. The predicted molar refractivity (Wildman–Crippen MR) is 278 cm³/mol. The summed E-state index contributed by atoms with van der Waals surface area (Å²) >= 11 is 0. The molecule has 2 aliphatic heterocycles. The van der Waals surface area contributed by atoms with Crippen molar-refractivity contribution in [3.05, 3.63) is 149 Å². The van der Waals surface area contributed by atoms with E-state index < -0.39 is 6.23 Å². The van der Waals surface area contributed by atoms with Crippen LogP contribution in [0.5, 0.6) is 0 Å². The van der Waals surface area contributed by atoms with Crippen LogP contribution in [0.25, 0.3) is 6.08 Å². The van der Waals surface area contributed by atoms with Crippen molar-refractivity contribution in [1.29, 1.82) is 0 Å². The van der Waals surface area contributed by atoms with Crippen molar-refractivity contribution >= 4 is 41.3 Å².